The third-order valence-corrected chi connectivity index (χ3v) is 4.70. The van der Waals surface area contributed by atoms with E-state index in [1.54, 1.807) is 0 Å². The Morgan fingerprint density at radius 2 is 1.86 bits per heavy atom. The van der Waals surface area contributed by atoms with Crippen molar-refractivity contribution in [3.8, 4) is 0 Å². The Morgan fingerprint density at radius 3 is 2.32 bits per heavy atom. The molecule has 1 unspecified atom stereocenters. The van der Waals surface area contributed by atoms with Crippen LogP contribution in [0.5, 0.6) is 0 Å². The van der Waals surface area contributed by atoms with Gasteiger partial charge in [0.25, 0.3) is 5.91 Å². The van der Waals surface area contributed by atoms with E-state index >= 15 is 0 Å². The van der Waals surface area contributed by atoms with E-state index in [2.05, 4.69) is 5.32 Å². The van der Waals surface area contributed by atoms with Crippen LogP contribution >= 0.6 is 0 Å². The van der Waals surface area contributed by atoms with Gasteiger partial charge in [0.2, 0.25) is 10.0 Å². The number of nitrogens with zero attached hydrogens (tertiary/aromatic N) is 1. The molecule has 0 spiro atoms. The van der Waals surface area contributed by atoms with Crippen molar-refractivity contribution in [3.63, 3.8) is 0 Å². The van der Waals surface area contributed by atoms with Crippen LogP contribution in [0.4, 0.5) is 13.2 Å². The van der Waals surface area contributed by atoms with Crippen LogP contribution in [0.15, 0.2) is 24.3 Å². The molecule has 1 amide bonds. The third kappa shape index (κ3) is 3.98. The summed E-state index contributed by atoms with van der Waals surface area (Å²) in [5.41, 5.74) is -0.723. The lowest BCUT2D eigenvalue weighted by Crippen LogP contribution is -2.38. The van der Waals surface area contributed by atoms with Crippen molar-refractivity contribution in [1.29, 1.82) is 0 Å². The fourth-order valence-electron chi connectivity index (χ4n) is 2.23. The first-order valence-electron chi connectivity index (χ1n) is 6.50. The molecule has 0 aromatic heterocycles. The largest absolute Gasteiger partial charge is 0.416 e. The first-order valence-corrected chi connectivity index (χ1v) is 8.35. The first-order chi connectivity index (χ1) is 10.1. The van der Waals surface area contributed by atoms with Gasteiger partial charge in [-0.15, -0.1) is 0 Å². The molecule has 0 bridgehead atoms. The minimum absolute atomic E-state index is 0.103. The number of carbonyl (C=O) groups is 1. The van der Waals surface area contributed by atoms with E-state index in [0.717, 1.165) is 30.5 Å². The maximum absolute atomic E-state index is 12.4. The van der Waals surface area contributed by atoms with E-state index in [9.17, 15) is 26.4 Å². The minimum Gasteiger partial charge on any atom is -0.348 e. The average molecular weight is 336 g/mol. The Labute approximate surface area is 126 Å². The second-order valence-electron chi connectivity index (χ2n) is 5.16. The number of alkyl halides is 3. The second kappa shape index (κ2) is 5.88. The number of benzene rings is 1. The lowest BCUT2D eigenvalue weighted by Gasteiger charge is -2.15. The Kier molecular flexibility index (Phi) is 4.48. The van der Waals surface area contributed by atoms with Gasteiger partial charge in [-0.05, 0) is 30.7 Å². The molecule has 1 aliphatic heterocycles. The van der Waals surface area contributed by atoms with Crippen LogP contribution in [0.3, 0.4) is 0 Å². The molecule has 9 heteroatoms. The molecule has 122 valence electrons. The molecule has 2 rings (SSSR count). The van der Waals surface area contributed by atoms with Gasteiger partial charge in [-0.25, -0.2) is 12.7 Å². The number of rotatable bonds is 3. The maximum Gasteiger partial charge on any atom is 0.416 e. The first kappa shape index (κ1) is 16.8. The van der Waals surface area contributed by atoms with Crippen molar-refractivity contribution in [2.45, 2.75) is 18.6 Å². The van der Waals surface area contributed by atoms with Crippen LogP contribution in [-0.2, 0) is 16.2 Å². The normalized spacial score (nSPS) is 20.1. The fourth-order valence-corrected chi connectivity index (χ4v) is 3.11. The van der Waals surface area contributed by atoms with Crippen LogP contribution < -0.4 is 5.32 Å². The SMILES string of the molecule is CS(=O)(=O)N1CCC(NC(=O)c2ccc(C(F)(F)F)cc2)C1. The molecule has 5 nitrogen and oxygen atoms in total. The lowest BCUT2D eigenvalue weighted by molar-refractivity contribution is -0.137. The van der Waals surface area contributed by atoms with E-state index in [0.29, 0.717) is 13.0 Å². The van der Waals surface area contributed by atoms with E-state index in [1.165, 1.54) is 4.31 Å². The molecule has 1 aromatic carbocycles. The minimum atomic E-state index is -4.45. The summed E-state index contributed by atoms with van der Waals surface area (Å²) in [6, 6.07) is 3.53. The maximum atomic E-state index is 12.4. The molecular weight excluding hydrogens is 321 g/mol. The Hall–Kier alpha value is -1.61. The number of amides is 1. The fraction of sp³-hybridized carbons (Fsp3) is 0.462. The van der Waals surface area contributed by atoms with Crippen molar-refractivity contribution >= 4 is 15.9 Å². The van der Waals surface area contributed by atoms with Crippen LogP contribution in [0, 0.1) is 0 Å². The molecule has 22 heavy (non-hydrogen) atoms. The Morgan fingerprint density at radius 1 is 1.27 bits per heavy atom. The van der Waals surface area contributed by atoms with Gasteiger partial charge in [-0.2, -0.15) is 13.2 Å². The molecule has 0 saturated carbocycles. The van der Waals surface area contributed by atoms with Crippen molar-refractivity contribution in [2.75, 3.05) is 19.3 Å². The van der Waals surface area contributed by atoms with Crippen LogP contribution in [0.25, 0.3) is 0 Å². The zero-order valence-electron chi connectivity index (χ0n) is 11.7. The van der Waals surface area contributed by atoms with Crippen molar-refractivity contribution < 1.29 is 26.4 Å². The van der Waals surface area contributed by atoms with Gasteiger partial charge < -0.3 is 5.32 Å². The zero-order valence-corrected chi connectivity index (χ0v) is 12.5. The van der Waals surface area contributed by atoms with Crippen molar-refractivity contribution in [2.24, 2.45) is 0 Å². The predicted molar refractivity (Wildman–Crippen MR) is 73.7 cm³/mol. The number of sulfonamides is 1. The van der Waals surface area contributed by atoms with Crippen molar-refractivity contribution in [3.05, 3.63) is 35.4 Å². The van der Waals surface area contributed by atoms with Gasteiger partial charge >= 0.3 is 6.18 Å². The number of hydrogen-bond donors (Lipinski definition) is 1. The van der Waals surface area contributed by atoms with Gasteiger partial charge in [0.1, 0.15) is 0 Å². The highest BCUT2D eigenvalue weighted by atomic mass is 32.2. The summed E-state index contributed by atoms with van der Waals surface area (Å²) in [5, 5.41) is 2.63. The molecule has 0 aliphatic carbocycles. The molecule has 1 saturated heterocycles. The molecule has 1 aromatic rings. The topological polar surface area (TPSA) is 66.5 Å². The van der Waals surface area contributed by atoms with E-state index in [4.69, 9.17) is 0 Å². The Balaban J connectivity index is 1.99. The van der Waals surface area contributed by atoms with Gasteiger partial charge in [-0.1, -0.05) is 0 Å². The highest BCUT2D eigenvalue weighted by Gasteiger charge is 2.31. The molecule has 1 N–H and O–H groups in total. The smallest absolute Gasteiger partial charge is 0.348 e. The van der Waals surface area contributed by atoms with Gasteiger partial charge in [-0.3, -0.25) is 4.79 Å². The zero-order chi connectivity index (χ0) is 16.5. The highest BCUT2D eigenvalue weighted by Crippen LogP contribution is 2.29. The Bertz CT molecular complexity index is 656. The molecule has 1 atom stereocenters. The average Bonchev–Trinajstić information content (AvgIpc) is 2.86. The summed E-state index contributed by atoms with van der Waals surface area (Å²) in [6.45, 7) is 0.488. The quantitative estimate of drug-likeness (QED) is 0.909. The van der Waals surface area contributed by atoms with E-state index in [-0.39, 0.29) is 18.2 Å². The van der Waals surface area contributed by atoms with Crippen LogP contribution in [0.2, 0.25) is 0 Å². The monoisotopic (exact) mass is 336 g/mol. The van der Waals surface area contributed by atoms with E-state index < -0.39 is 27.7 Å². The third-order valence-electron chi connectivity index (χ3n) is 3.43. The van der Waals surface area contributed by atoms with Gasteiger partial charge in [0.15, 0.2) is 0 Å². The molecule has 1 aliphatic rings. The van der Waals surface area contributed by atoms with Crippen LogP contribution in [0.1, 0.15) is 22.3 Å². The summed E-state index contributed by atoms with van der Waals surface area (Å²) < 4.78 is 61.3. The van der Waals surface area contributed by atoms with Gasteiger partial charge in [0, 0.05) is 24.7 Å². The van der Waals surface area contributed by atoms with E-state index in [1.807, 2.05) is 0 Å². The molecule has 1 heterocycles. The van der Waals surface area contributed by atoms with Crippen molar-refractivity contribution in [1.82, 2.24) is 9.62 Å². The number of halogens is 3. The predicted octanol–water partition coefficient (Wildman–Crippen LogP) is 1.47. The summed E-state index contributed by atoms with van der Waals surface area (Å²) in [6.07, 6.45) is -2.89. The van der Waals surface area contributed by atoms with Gasteiger partial charge in [0.05, 0.1) is 11.8 Å². The highest BCUT2D eigenvalue weighted by molar-refractivity contribution is 7.88. The number of nitrogens with one attached hydrogen (secondary N) is 1. The lowest BCUT2D eigenvalue weighted by atomic mass is 10.1. The number of carbonyl (C=O) groups excluding carboxylic acids is 1. The summed E-state index contributed by atoms with van der Waals surface area (Å²) in [5.74, 6) is -0.519. The second-order valence-corrected chi connectivity index (χ2v) is 7.14. The molecule has 0 radical (unpaired) electrons. The standard InChI is InChI=1S/C13H15F3N2O3S/c1-22(20,21)18-7-6-11(8-18)17-12(19)9-2-4-10(5-3-9)13(14,15)16/h2-5,11H,6-8H2,1H3,(H,17,19). The van der Waals surface area contributed by atoms with Crippen LogP contribution in [-0.4, -0.2) is 44.0 Å². The summed E-state index contributed by atoms with van der Waals surface area (Å²) >= 11 is 0. The summed E-state index contributed by atoms with van der Waals surface area (Å²) in [4.78, 5) is 12.0. The summed E-state index contributed by atoms with van der Waals surface area (Å²) in [7, 11) is -3.30. The molecule has 1 fully saturated rings. The number of hydrogen-bond acceptors (Lipinski definition) is 3. The molecular formula is C13H15F3N2O3S.